The average molecular weight is 277 g/mol. The van der Waals surface area contributed by atoms with Gasteiger partial charge in [-0.1, -0.05) is 6.92 Å². The number of nitrogens with one attached hydrogen (secondary N) is 1. The van der Waals surface area contributed by atoms with Crippen molar-refractivity contribution in [1.82, 2.24) is 5.32 Å². The molecule has 4 nitrogen and oxygen atoms in total. The maximum absolute atomic E-state index is 11.7. The first-order chi connectivity index (χ1) is 8.39. The Labute approximate surface area is 111 Å². The third kappa shape index (κ3) is 5.24. The average Bonchev–Trinajstić information content (AvgIpc) is 2.55. The van der Waals surface area contributed by atoms with Gasteiger partial charge in [-0.3, -0.25) is 0 Å². The molecule has 0 saturated carbocycles. The molecular formula is C13H27NO3S. The molecule has 0 aromatic rings. The zero-order valence-electron chi connectivity index (χ0n) is 11.9. The molecule has 0 aliphatic carbocycles. The summed E-state index contributed by atoms with van der Waals surface area (Å²) >= 11 is 0. The summed E-state index contributed by atoms with van der Waals surface area (Å²) < 4.78 is 29.0. The standard InChI is InChI=1S/C13H27NO3S/c1-4-7-14-10-13(5-8-17-12(2)3)6-9-18(15,16)11-13/h12,14H,4-11H2,1-3H3. The lowest BCUT2D eigenvalue weighted by molar-refractivity contribution is 0.0553. The van der Waals surface area contributed by atoms with Crippen LogP contribution < -0.4 is 5.32 Å². The number of rotatable bonds is 8. The Bertz CT molecular complexity index is 340. The molecule has 1 N–H and O–H groups in total. The molecule has 1 heterocycles. The van der Waals surface area contributed by atoms with Gasteiger partial charge in [-0.15, -0.1) is 0 Å². The van der Waals surface area contributed by atoms with Crippen LogP contribution in [0.2, 0.25) is 0 Å². The predicted molar refractivity (Wildman–Crippen MR) is 74.6 cm³/mol. The Hall–Kier alpha value is -0.130. The molecule has 18 heavy (non-hydrogen) atoms. The third-order valence-electron chi connectivity index (χ3n) is 3.48. The van der Waals surface area contributed by atoms with Crippen molar-refractivity contribution in [2.75, 3.05) is 31.2 Å². The van der Waals surface area contributed by atoms with Crippen molar-refractivity contribution in [2.24, 2.45) is 5.41 Å². The molecule has 1 unspecified atom stereocenters. The van der Waals surface area contributed by atoms with Gasteiger partial charge in [-0.25, -0.2) is 8.42 Å². The lowest BCUT2D eigenvalue weighted by Gasteiger charge is -2.28. The molecular weight excluding hydrogens is 250 g/mol. The van der Waals surface area contributed by atoms with Crippen LogP contribution in [0.5, 0.6) is 0 Å². The van der Waals surface area contributed by atoms with E-state index in [9.17, 15) is 8.42 Å². The van der Waals surface area contributed by atoms with Crippen LogP contribution in [0.25, 0.3) is 0 Å². The highest BCUT2D eigenvalue weighted by Crippen LogP contribution is 2.35. The van der Waals surface area contributed by atoms with Crippen LogP contribution in [-0.2, 0) is 14.6 Å². The SMILES string of the molecule is CCCNCC1(CCOC(C)C)CCS(=O)(=O)C1. The topological polar surface area (TPSA) is 55.4 Å². The zero-order valence-corrected chi connectivity index (χ0v) is 12.7. The summed E-state index contributed by atoms with van der Waals surface area (Å²) in [4.78, 5) is 0. The summed E-state index contributed by atoms with van der Waals surface area (Å²) in [6.45, 7) is 8.53. The Morgan fingerprint density at radius 2 is 2.11 bits per heavy atom. The van der Waals surface area contributed by atoms with Crippen molar-refractivity contribution in [1.29, 1.82) is 0 Å². The van der Waals surface area contributed by atoms with E-state index in [2.05, 4.69) is 12.2 Å². The highest BCUT2D eigenvalue weighted by molar-refractivity contribution is 7.91. The molecule has 0 aromatic carbocycles. The molecule has 1 aliphatic heterocycles. The van der Waals surface area contributed by atoms with Gasteiger partial charge in [-0.2, -0.15) is 0 Å². The van der Waals surface area contributed by atoms with Crippen LogP contribution in [-0.4, -0.2) is 45.7 Å². The number of sulfone groups is 1. The molecule has 0 aromatic heterocycles. The number of hydrogen-bond donors (Lipinski definition) is 1. The summed E-state index contributed by atoms with van der Waals surface area (Å²) in [6.07, 6.45) is 2.89. The Morgan fingerprint density at radius 1 is 1.39 bits per heavy atom. The molecule has 1 saturated heterocycles. The van der Waals surface area contributed by atoms with E-state index < -0.39 is 9.84 Å². The zero-order chi connectivity index (χ0) is 13.6. The van der Waals surface area contributed by atoms with Gasteiger partial charge < -0.3 is 10.1 Å². The van der Waals surface area contributed by atoms with Gasteiger partial charge in [0, 0.05) is 13.2 Å². The second-order valence-electron chi connectivity index (χ2n) is 5.69. The van der Waals surface area contributed by atoms with E-state index in [0.717, 1.165) is 32.4 Å². The Kier molecular flexibility index (Phi) is 6.08. The van der Waals surface area contributed by atoms with E-state index in [1.54, 1.807) is 0 Å². The number of ether oxygens (including phenoxy) is 1. The Balaban J connectivity index is 2.52. The maximum atomic E-state index is 11.7. The fourth-order valence-corrected chi connectivity index (χ4v) is 4.66. The maximum Gasteiger partial charge on any atom is 0.150 e. The van der Waals surface area contributed by atoms with Gasteiger partial charge in [0.2, 0.25) is 0 Å². The van der Waals surface area contributed by atoms with Crippen molar-refractivity contribution < 1.29 is 13.2 Å². The lowest BCUT2D eigenvalue weighted by Crippen LogP contribution is -2.37. The minimum absolute atomic E-state index is 0.108. The summed E-state index contributed by atoms with van der Waals surface area (Å²) in [7, 11) is -2.84. The van der Waals surface area contributed by atoms with Crippen LogP contribution in [0.15, 0.2) is 0 Å². The first-order valence-electron chi connectivity index (χ1n) is 6.92. The van der Waals surface area contributed by atoms with Crippen LogP contribution >= 0.6 is 0 Å². The van der Waals surface area contributed by atoms with Gasteiger partial charge in [0.1, 0.15) is 0 Å². The van der Waals surface area contributed by atoms with Crippen LogP contribution in [0, 0.1) is 5.41 Å². The van der Waals surface area contributed by atoms with Gasteiger partial charge in [-0.05, 0) is 45.1 Å². The summed E-state index contributed by atoms with van der Waals surface area (Å²) in [5.74, 6) is 0.653. The van der Waals surface area contributed by atoms with E-state index in [1.165, 1.54) is 0 Å². The van der Waals surface area contributed by atoms with E-state index in [0.29, 0.717) is 18.1 Å². The van der Waals surface area contributed by atoms with E-state index in [-0.39, 0.29) is 11.5 Å². The predicted octanol–water partition coefficient (Wildman–Crippen LogP) is 1.61. The molecule has 1 aliphatic rings. The van der Waals surface area contributed by atoms with Gasteiger partial charge >= 0.3 is 0 Å². The molecule has 0 amide bonds. The summed E-state index contributed by atoms with van der Waals surface area (Å²) in [5, 5.41) is 3.37. The molecule has 0 bridgehead atoms. The fraction of sp³-hybridized carbons (Fsp3) is 1.00. The fourth-order valence-electron chi connectivity index (χ4n) is 2.45. The van der Waals surface area contributed by atoms with Crippen molar-refractivity contribution in [3.8, 4) is 0 Å². The first kappa shape index (κ1) is 15.9. The summed E-state index contributed by atoms with van der Waals surface area (Å²) in [5.41, 5.74) is -0.108. The normalized spacial score (nSPS) is 26.9. The monoisotopic (exact) mass is 277 g/mol. The molecule has 0 radical (unpaired) electrons. The second kappa shape index (κ2) is 6.87. The largest absolute Gasteiger partial charge is 0.379 e. The minimum atomic E-state index is -2.84. The summed E-state index contributed by atoms with van der Waals surface area (Å²) in [6, 6.07) is 0. The van der Waals surface area contributed by atoms with Crippen LogP contribution in [0.3, 0.4) is 0 Å². The Morgan fingerprint density at radius 3 is 2.61 bits per heavy atom. The minimum Gasteiger partial charge on any atom is -0.379 e. The second-order valence-corrected chi connectivity index (χ2v) is 7.87. The van der Waals surface area contributed by atoms with E-state index in [4.69, 9.17) is 4.74 Å². The van der Waals surface area contributed by atoms with Crippen LogP contribution in [0.1, 0.15) is 40.0 Å². The van der Waals surface area contributed by atoms with E-state index >= 15 is 0 Å². The van der Waals surface area contributed by atoms with Gasteiger partial charge in [0.15, 0.2) is 9.84 Å². The van der Waals surface area contributed by atoms with Crippen molar-refractivity contribution in [3.63, 3.8) is 0 Å². The van der Waals surface area contributed by atoms with Gasteiger partial charge in [0.25, 0.3) is 0 Å². The molecule has 1 fully saturated rings. The van der Waals surface area contributed by atoms with Gasteiger partial charge in [0.05, 0.1) is 17.6 Å². The molecule has 5 heteroatoms. The molecule has 1 rings (SSSR count). The van der Waals surface area contributed by atoms with Crippen molar-refractivity contribution in [2.45, 2.75) is 46.1 Å². The van der Waals surface area contributed by atoms with E-state index in [1.807, 2.05) is 13.8 Å². The molecule has 108 valence electrons. The molecule has 0 spiro atoms. The first-order valence-corrected chi connectivity index (χ1v) is 8.74. The third-order valence-corrected chi connectivity index (χ3v) is 5.36. The lowest BCUT2D eigenvalue weighted by atomic mass is 9.84. The number of hydrogen-bond acceptors (Lipinski definition) is 4. The van der Waals surface area contributed by atoms with Crippen molar-refractivity contribution in [3.05, 3.63) is 0 Å². The van der Waals surface area contributed by atoms with Crippen molar-refractivity contribution >= 4 is 9.84 Å². The molecule has 1 atom stereocenters. The smallest absolute Gasteiger partial charge is 0.150 e. The highest BCUT2D eigenvalue weighted by atomic mass is 32.2. The highest BCUT2D eigenvalue weighted by Gasteiger charge is 2.41. The van der Waals surface area contributed by atoms with Crippen LogP contribution in [0.4, 0.5) is 0 Å². The quantitative estimate of drug-likeness (QED) is 0.685.